The fourth-order valence-corrected chi connectivity index (χ4v) is 5.31. The third-order valence-corrected chi connectivity index (χ3v) is 7.07. The lowest BCUT2D eigenvalue weighted by molar-refractivity contribution is 0.202. The van der Waals surface area contributed by atoms with Crippen LogP contribution in [-0.2, 0) is 16.6 Å². The Kier molecular flexibility index (Phi) is 4.69. The zero-order valence-electron chi connectivity index (χ0n) is 12.6. The molecule has 2 fully saturated rings. The number of thiophene rings is 1. The topological polar surface area (TPSA) is 40.6 Å². The van der Waals surface area contributed by atoms with Crippen molar-refractivity contribution >= 4 is 21.4 Å². The predicted molar refractivity (Wildman–Crippen MR) is 86.8 cm³/mol. The molecule has 4 nitrogen and oxygen atoms in total. The molecule has 1 aromatic heterocycles. The maximum absolute atomic E-state index is 11.6. The monoisotopic (exact) mass is 328 g/mol. The molecule has 2 aliphatic heterocycles. The van der Waals surface area contributed by atoms with Crippen molar-refractivity contribution < 1.29 is 8.42 Å². The van der Waals surface area contributed by atoms with E-state index in [2.05, 4.69) is 22.4 Å². The van der Waals surface area contributed by atoms with Crippen molar-refractivity contribution in [3.63, 3.8) is 0 Å². The third kappa shape index (κ3) is 3.86. The zero-order chi connectivity index (χ0) is 14.9. The summed E-state index contributed by atoms with van der Waals surface area (Å²) in [5, 5.41) is 2.14. The molecule has 0 bridgehead atoms. The second-order valence-electron chi connectivity index (χ2n) is 6.36. The van der Waals surface area contributed by atoms with Crippen LogP contribution in [0.1, 0.15) is 24.1 Å². The first kappa shape index (κ1) is 15.5. The Hall–Kier alpha value is -0.430. The minimum absolute atomic E-state index is 0.705. The van der Waals surface area contributed by atoms with Gasteiger partial charge in [-0.1, -0.05) is 6.07 Å². The van der Waals surface area contributed by atoms with Crippen molar-refractivity contribution in [1.82, 2.24) is 9.21 Å². The number of hydrogen-bond donors (Lipinski definition) is 0. The van der Waals surface area contributed by atoms with Gasteiger partial charge in [0.15, 0.2) is 0 Å². The summed E-state index contributed by atoms with van der Waals surface area (Å²) in [4.78, 5) is 4.00. The molecule has 21 heavy (non-hydrogen) atoms. The molecule has 0 N–H and O–H groups in total. The largest absolute Gasteiger partial charge is 0.298 e. The summed E-state index contributed by atoms with van der Waals surface area (Å²) in [5.74, 6) is 1.46. The minimum atomic E-state index is -2.99. The van der Waals surface area contributed by atoms with E-state index in [1.54, 1.807) is 4.31 Å². The van der Waals surface area contributed by atoms with Crippen molar-refractivity contribution in [3.05, 3.63) is 22.4 Å². The van der Waals surface area contributed by atoms with Gasteiger partial charge in [-0.25, -0.2) is 12.7 Å². The Bertz CT molecular complexity index is 548. The van der Waals surface area contributed by atoms with E-state index < -0.39 is 10.0 Å². The van der Waals surface area contributed by atoms with E-state index in [0.717, 1.165) is 25.3 Å². The molecule has 0 spiro atoms. The lowest BCUT2D eigenvalue weighted by Gasteiger charge is -2.33. The van der Waals surface area contributed by atoms with Crippen LogP contribution >= 0.6 is 11.3 Å². The Morgan fingerprint density at radius 3 is 2.52 bits per heavy atom. The molecule has 6 heteroatoms. The molecule has 0 aromatic carbocycles. The smallest absolute Gasteiger partial charge is 0.211 e. The summed E-state index contributed by atoms with van der Waals surface area (Å²) in [5.41, 5.74) is 0. The van der Waals surface area contributed by atoms with Crippen LogP contribution in [0.15, 0.2) is 17.5 Å². The van der Waals surface area contributed by atoms with E-state index in [1.807, 2.05) is 11.3 Å². The molecule has 1 aromatic rings. The summed E-state index contributed by atoms with van der Waals surface area (Å²) < 4.78 is 24.8. The lowest BCUT2D eigenvalue weighted by Crippen LogP contribution is -2.39. The number of nitrogens with zero attached hydrogens (tertiary/aromatic N) is 2. The molecule has 118 valence electrons. The molecular formula is C15H24N2O2S2. The zero-order valence-corrected chi connectivity index (χ0v) is 14.2. The first-order valence-corrected chi connectivity index (χ1v) is 10.4. The second-order valence-corrected chi connectivity index (χ2v) is 9.38. The van der Waals surface area contributed by atoms with Crippen molar-refractivity contribution in [1.29, 1.82) is 0 Å². The highest BCUT2D eigenvalue weighted by molar-refractivity contribution is 7.88. The summed E-state index contributed by atoms with van der Waals surface area (Å²) in [6.07, 6.45) is 4.66. The minimum Gasteiger partial charge on any atom is -0.298 e. The van der Waals surface area contributed by atoms with Crippen LogP contribution < -0.4 is 0 Å². The van der Waals surface area contributed by atoms with Gasteiger partial charge in [-0.15, -0.1) is 11.3 Å². The van der Waals surface area contributed by atoms with Gasteiger partial charge in [0.05, 0.1) is 6.26 Å². The van der Waals surface area contributed by atoms with Gasteiger partial charge in [-0.2, -0.15) is 0 Å². The Morgan fingerprint density at radius 1 is 1.19 bits per heavy atom. The number of sulfonamides is 1. The molecule has 0 radical (unpaired) electrons. The van der Waals surface area contributed by atoms with E-state index >= 15 is 0 Å². The number of piperidine rings is 1. The molecule has 2 saturated heterocycles. The average Bonchev–Trinajstić information content (AvgIpc) is 3.10. The average molecular weight is 329 g/mol. The van der Waals surface area contributed by atoms with E-state index in [1.165, 1.54) is 30.6 Å². The van der Waals surface area contributed by atoms with Crippen LogP contribution in [0.4, 0.5) is 0 Å². The van der Waals surface area contributed by atoms with Crippen LogP contribution in [0.25, 0.3) is 0 Å². The van der Waals surface area contributed by atoms with Gasteiger partial charge in [0.25, 0.3) is 0 Å². The van der Waals surface area contributed by atoms with Gasteiger partial charge in [0, 0.05) is 31.1 Å². The van der Waals surface area contributed by atoms with Gasteiger partial charge in [-0.3, -0.25) is 4.90 Å². The molecule has 0 amide bonds. The lowest BCUT2D eigenvalue weighted by atomic mass is 9.84. The highest BCUT2D eigenvalue weighted by Crippen LogP contribution is 2.33. The van der Waals surface area contributed by atoms with E-state index in [-0.39, 0.29) is 0 Å². The Labute approximate surface area is 131 Å². The molecular weight excluding hydrogens is 304 g/mol. The van der Waals surface area contributed by atoms with E-state index in [4.69, 9.17) is 0 Å². The van der Waals surface area contributed by atoms with Crippen molar-refractivity contribution in [2.24, 2.45) is 11.8 Å². The van der Waals surface area contributed by atoms with Gasteiger partial charge in [0.2, 0.25) is 10.0 Å². The standard InChI is InChI=1S/C15H24N2O2S2/c1-21(18,19)17-8-5-13(6-9-17)14-4-7-16(11-14)12-15-3-2-10-20-15/h2-3,10,13-14H,4-9,11-12H2,1H3. The van der Waals surface area contributed by atoms with Crippen LogP contribution in [0, 0.1) is 11.8 Å². The number of hydrogen-bond acceptors (Lipinski definition) is 4. The second kappa shape index (κ2) is 6.36. The molecule has 3 rings (SSSR count). The first-order valence-electron chi connectivity index (χ1n) is 7.72. The fraction of sp³-hybridized carbons (Fsp3) is 0.733. The van der Waals surface area contributed by atoms with Crippen LogP contribution in [0.5, 0.6) is 0 Å². The van der Waals surface area contributed by atoms with Crippen LogP contribution in [0.2, 0.25) is 0 Å². The molecule has 1 unspecified atom stereocenters. The summed E-state index contributed by atoms with van der Waals surface area (Å²) in [6.45, 7) is 4.88. The Balaban J connectivity index is 1.49. The maximum atomic E-state index is 11.6. The van der Waals surface area contributed by atoms with Gasteiger partial charge in [-0.05, 0) is 49.1 Å². The first-order chi connectivity index (χ1) is 10.0. The van der Waals surface area contributed by atoms with Crippen molar-refractivity contribution in [3.8, 4) is 0 Å². The fourth-order valence-electron chi connectivity index (χ4n) is 3.69. The maximum Gasteiger partial charge on any atom is 0.211 e. The van der Waals surface area contributed by atoms with Crippen LogP contribution in [-0.4, -0.2) is 50.1 Å². The SMILES string of the molecule is CS(=O)(=O)N1CCC(C2CCN(Cc3cccs3)C2)CC1. The van der Waals surface area contributed by atoms with Gasteiger partial charge >= 0.3 is 0 Å². The molecule has 0 saturated carbocycles. The number of likely N-dealkylation sites (tertiary alicyclic amines) is 1. The van der Waals surface area contributed by atoms with E-state index in [9.17, 15) is 8.42 Å². The predicted octanol–water partition coefficient (Wildman–Crippen LogP) is 2.24. The molecule has 2 aliphatic rings. The molecule has 0 aliphatic carbocycles. The Morgan fingerprint density at radius 2 is 1.90 bits per heavy atom. The number of rotatable bonds is 4. The van der Waals surface area contributed by atoms with Crippen molar-refractivity contribution in [2.45, 2.75) is 25.8 Å². The normalized spacial score (nSPS) is 26.4. The summed E-state index contributed by atoms with van der Waals surface area (Å²) in [6, 6.07) is 4.33. The van der Waals surface area contributed by atoms with Crippen LogP contribution in [0.3, 0.4) is 0 Å². The van der Waals surface area contributed by atoms with E-state index in [0.29, 0.717) is 19.0 Å². The summed E-state index contributed by atoms with van der Waals surface area (Å²) >= 11 is 1.83. The molecule has 3 heterocycles. The highest BCUT2D eigenvalue weighted by atomic mass is 32.2. The highest BCUT2D eigenvalue weighted by Gasteiger charge is 2.33. The molecule has 1 atom stereocenters. The quantitative estimate of drug-likeness (QED) is 0.851. The van der Waals surface area contributed by atoms with Gasteiger partial charge < -0.3 is 0 Å². The van der Waals surface area contributed by atoms with Gasteiger partial charge in [0.1, 0.15) is 0 Å². The third-order valence-electron chi connectivity index (χ3n) is 4.90. The summed E-state index contributed by atoms with van der Waals surface area (Å²) in [7, 11) is -2.99. The van der Waals surface area contributed by atoms with Crippen molar-refractivity contribution in [2.75, 3.05) is 32.4 Å².